The average molecular weight is 235 g/mol. The number of aryl methyl sites for hydroxylation is 1. The minimum Gasteiger partial charge on any atom is -0.317 e. The van der Waals surface area contributed by atoms with Crippen molar-refractivity contribution in [2.45, 2.75) is 37.2 Å². The smallest absolute Gasteiger partial charge is 0.0189 e. The first-order chi connectivity index (χ1) is 7.86. The standard InChI is InChI=1S/C14H21NS/c1-12-5-2-3-6-13(12)11-16-14-7-4-9-15-10-8-14/h2-3,5-6,14-15H,4,7-11H2,1H3. The van der Waals surface area contributed by atoms with Gasteiger partial charge in [0.1, 0.15) is 0 Å². The Labute approximate surface area is 103 Å². The summed E-state index contributed by atoms with van der Waals surface area (Å²) in [5, 5.41) is 4.33. The molecule has 1 aromatic carbocycles. The van der Waals surface area contributed by atoms with Gasteiger partial charge in [-0.05, 0) is 50.4 Å². The summed E-state index contributed by atoms with van der Waals surface area (Å²) in [5.41, 5.74) is 2.94. The van der Waals surface area contributed by atoms with Gasteiger partial charge in [-0.25, -0.2) is 0 Å². The predicted octanol–water partition coefficient (Wildman–Crippen LogP) is 3.37. The Bertz CT molecular complexity index is 316. The molecule has 0 aliphatic carbocycles. The fourth-order valence-electron chi connectivity index (χ4n) is 2.13. The maximum atomic E-state index is 3.47. The molecule has 1 aromatic rings. The lowest BCUT2D eigenvalue weighted by Crippen LogP contribution is -2.14. The van der Waals surface area contributed by atoms with Crippen LogP contribution in [0.4, 0.5) is 0 Å². The van der Waals surface area contributed by atoms with Gasteiger partial charge in [0, 0.05) is 11.0 Å². The normalized spacial score (nSPS) is 21.7. The molecule has 2 rings (SSSR count). The molecule has 88 valence electrons. The first-order valence-electron chi connectivity index (χ1n) is 6.23. The highest BCUT2D eigenvalue weighted by Crippen LogP contribution is 2.26. The molecule has 0 saturated carbocycles. The molecule has 0 bridgehead atoms. The molecule has 1 heterocycles. The summed E-state index contributed by atoms with van der Waals surface area (Å²) in [7, 11) is 0. The van der Waals surface area contributed by atoms with Crippen molar-refractivity contribution in [3.05, 3.63) is 35.4 Å². The van der Waals surface area contributed by atoms with E-state index < -0.39 is 0 Å². The van der Waals surface area contributed by atoms with Gasteiger partial charge in [-0.15, -0.1) is 0 Å². The second-order valence-corrected chi connectivity index (χ2v) is 5.83. The summed E-state index contributed by atoms with van der Waals surface area (Å²) in [4.78, 5) is 0. The van der Waals surface area contributed by atoms with Crippen LogP contribution in [0.2, 0.25) is 0 Å². The number of hydrogen-bond donors (Lipinski definition) is 1. The highest BCUT2D eigenvalue weighted by atomic mass is 32.2. The summed E-state index contributed by atoms with van der Waals surface area (Å²) < 4.78 is 0. The SMILES string of the molecule is Cc1ccccc1CSC1CCCNCC1. The molecule has 2 heteroatoms. The molecule has 16 heavy (non-hydrogen) atoms. The van der Waals surface area contributed by atoms with Crippen LogP contribution < -0.4 is 5.32 Å². The van der Waals surface area contributed by atoms with Crippen molar-refractivity contribution in [3.8, 4) is 0 Å². The topological polar surface area (TPSA) is 12.0 Å². The molecular formula is C14H21NS. The molecule has 0 radical (unpaired) electrons. The van der Waals surface area contributed by atoms with Gasteiger partial charge in [0.15, 0.2) is 0 Å². The fraction of sp³-hybridized carbons (Fsp3) is 0.571. The van der Waals surface area contributed by atoms with E-state index in [0.29, 0.717) is 0 Å². The van der Waals surface area contributed by atoms with Crippen LogP contribution in [-0.4, -0.2) is 18.3 Å². The minimum atomic E-state index is 0.856. The maximum Gasteiger partial charge on any atom is 0.0189 e. The van der Waals surface area contributed by atoms with Gasteiger partial charge in [-0.1, -0.05) is 24.3 Å². The Morgan fingerprint density at radius 1 is 1.25 bits per heavy atom. The highest BCUT2D eigenvalue weighted by molar-refractivity contribution is 7.99. The van der Waals surface area contributed by atoms with Crippen molar-refractivity contribution in [1.29, 1.82) is 0 Å². The van der Waals surface area contributed by atoms with Crippen molar-refractivity contribution >= 4 is 11.8 Å². The van der Waals surface area contributed by atoms with Crippen molar-refractivity contribution in [3.63, 3.8) is 0 Å². The Morgan fingerprint density at radius 3 is 3.00 bits per heavy atom. The zero-order chi connectivity index (χ0) is 11.2. The third-order valence-corrected chi connectivity index (χ3v) is 4.68. The molecule has 0 spiro atoms. The third kappa shape index (κ3) is 3.53. The number of nitrogens with one attached hydrogen (secondary N) is 1. The molecule has 1 unspecified atom stereocenters. The lowest BCUT2D eigenvalue weighted by Gasteiger charge is -2.14. The monoisotopic (exact) mass is 235 g/mol. The van der Waals surface area contributed by atoms with Gasteiger partial charge in [0.05, 0.1) is 0 Å². The van der Waals surface area contributed by atoms with Crippen LogP contribution in [0, 0.1) is 6.92 Å². The van der Waals surface area contributed by atoms with E-state index in [1.165, 1.54) is 49.2 Å². The molecule has 0 aromatic heterocycles. The van der Waals surface area contributed by atoms with E-state index in [0.717, 1.165) is 5.25 Å². The van der Waals surface area contributed by atoms with Crippen LogP contribution in [0.5, 0.6) is 0 Å². The van der Waals surface area contributed by atoms with Gasteiger partial charge < -0.3 is 5.32 Å². The van der Waals surface area contributed by atoms with E-state index in [1.807, 2.05) is 0 Å². The molecule has 1 atom stereocenters. The Morgan fingerprint density at radius 2 is 2.12 bits per heavy atom. The summed E-state index contributed by atoms with van der Waals surface area (Å²) >= 11 is 2.14. The van der Waals surface area contributed by atoms with E-state index >= 15 is 0 Å². The zero-order valence-corrected chi connectivity index (χ0v) is 10.9. The van der Waals surface area contributed by atoms with Crippen LogP contribution in [0.15, 0.2) is 24.3 Å². The van der Waals surface area contributed by atoms with Crippen molar-refractivity contribution < 1.29 is 0 Å². The lowest BCUT2D eigenvalue weighted by molar-refractivity contribution is 0.703. The van der Waals surface area contributed by atoms with Crippen LogP contribution in [0.3, 0.4) is 0 Å². The van der Waals surface area contributed by atoms with Crippen molar-refractivity contribution in [1.82, 2.24) is 5.32 Å². The molecular weight excluding hydrogens is 214 g/mol. The molecule has 1 saturated heterocycles. The lowest BCUT2D eigenvalue weighted by atomic mass is 10.1. The predicted molar refractivity (Wildman–Crippen MR) is 73.0 cm³/mol. The van der Waals surface area contributed by atoms with Crippen molar-refractivity contribution in [2.24, 2.45) is 0 Å². The van der Waals surface area contributed by atoms with Crippen LogP contribution in [0.25, 0.3) is 0 Å². The molecule has 1 aliphatic rings. The zero-order valence-electron chi connectivity index (χ0n) is 10.0. The van der Waals surface area contributed by atoms with E-state index in [-0.39, 0.29) is 0 Å². The van der Waals surface area contributed by atoms with E-state index in [9.17, 15) is 0 Å². The number of rotatable bonds is 3. The largest absolute Gasteiger partial charge is 0.317 e. The molecule has 0 amide bonds. The fourth-order valence-corrected chi connectivity index (χ4v) is 3.49. The Kier molecular flexibility index (Phi) is 4.73. The Hall–Kier alpha value is -0.470. The van der Waals surface area contributed by atoms with E-state index in [1.54, 1.807) is 0 Å². The summed E-state index contributed by atoms with van der Waals surface area (Å²) in [6.07, 6.45) is 4.05. The van der Waals surface area contributed by atoms with Crippen LogP contribution in [-0.2, 0) is 5.75 Å². The van der Waals surface area contributed by atoms with E-state index in [4.69, 9.17) is 0 Å². The number of benzene rings is 1. The minimum absolute atomic E-state index is 0.856. The van der Waals surface area contributed by atoms with Gasteiger partial charge >= 0.3 is 0 Å². The third-order valence-electron chi connectivity index (χ3n) is 3.26. The van der Waals surface area contributed by atoms with Crippen LogP contribution >= 0.6 is 11.8 Å². The van der Waals surface area contributed by atoms with Gasteiger partial charge in [-0.2, -0.15) is 11.8 Å². The first-order valence-corrected chi connectivity index (χ1v) is 7.28. The quantitative estimate of drug-likeness (QED) is 0.862. The molecule has 1 fully saturated rings. The maximum absolute atomic E-state index is 3.47. The summed E-state index contributed by atoms with van der Waals surface area (Å²) in [6.45, 7) is 4.62. The van der Waals surface area contributed by atoms with Gasteiger partial charge in [0.2, 0.25) is 0 Å². The highest BCUT2D eigenvalue weighted by Gasteiger charge is 2.12. The second kappa shape index (κ2) is 6.31. The summed E-state index contributed by atoms with van der Waals surface area (Å²) in [6, 6.07) is 8.75. The van der Waals surface area contributed by atoms with E-state index in [2.05, 4.69) is 48.3 Å². The Balaban J connectivity index is 1.84. The van der Waals surface area contributed by atoms with Crippen LogP contribution in [0.1, 0.15) is 30.4 Å². The number of thioether (sulfide) groups is 1. The number of hydrogen-bond acceptors (Lipinski definition) is 2. The second-order valence-electron chi connectivity index (χ2n) is 4.54. The first kappa shape index (κ1) is 12.0. The average Bonchev–Trinajstić information content (AvgIpc) is 2.56. The molecule has 1 nitrogen and oxygen atoms in total. The molecule has 1 aliphatic heterocycles. The van der Waals surface area contributed by atoms with Gasteiger partial charge in [0.25, 0.3) is 0 Å². The van der Waals surface area contributed by atoms with Gasteiger partial charge in [-0.3, -0.25) is 0 Å². The van der Waals surface area contributed by atoms with Crippen molar-refractivity contribution in [2.75, 3.05) is 13.1 Å². The summed E-state index contributed by atoms with van der Waals surface area (Å²) in [5.74, 6) is 1.18. The molecule has 1 N–H and O–H groups in total.